The Labute approximate surface area is 261 Å². The Morgan fingerprint density at radius 2 is 1.77 bits per heavy atom. The van der Waals surface area contributed by atoms with Crippen molar-refractivity contribution in [2.75, 3.05) is 25.5 Å². The zero-order valence-corrected chi connectivity index (χ0v) is 26.6. The van der Waals surface area contributed by atoms with Crippen molar-refractivity contribution in [1.29, 1.82) is 0 Å². The molecule has 3 fully saturated rings. The molecule has 1 aliphatic carbocycles. The maximum atomic E-state index is 14.4. The molecular formula is C36H46N4O4. The Bertz CT molecular complexity index is 1420. The van der Waals surface area contributed by atoms with Crippen molar-refractivity contribution in [1.82, 2.24) is 15.1 Å². The summed E-state index contributed by atoms with van der Waals surface area (Å²) in [4.78, 5) is 46.4. The molecule has 2 bridgehead atoms. The summed E-state index contributed by atoms with van der Waals surface area (Å²) in [7, 11) is 2.02. The van der Waals surface area contributed by atoms with Crippen molar-refractivity contribution in [2.45, 2.75) is 77.3 Å². The van der Waals surface area contributed by atoms with Crippen LogP contribution in [-0.2, 0) is 25.7 Å². The Balaban J connectivity index is 1.27. The first-order valence-corrected chi connectivity index (χ1v) is 16.2. The minimum Gasteiger partial charge on any atom is -0.359 e. The highest BCUT2D eigenvalue weighted by molar-refractivity contribution is 6.02. The second kappa shape index (κ2) is 12.1. The molecule has 44 heavy (non-hydrogen) atoms. The third-order valence-electron chi connectivity index (χ3n) is 10.5. The first kappa shape index (κ1) is 30.5. The van der Waals surface area contributed by atoms with E-state index < -0.39 is 29.6 Å². The summed E-state index contributed by atoms with van der Waals surface area (Å²) in [6, 6.07) is 15.3. The third kappa shape index (κ3) is 5.58. The molecule has 8 heteroatoms. The molecule has 2 aromatic rings. The molecular weight excluding hydrogens is 552 g/mol. The van der Waals surface area contributed by atoms with Crippen molar-refractivity contribution < 1.29 is 19.1 Å². The van der Waals surface area contributed by atoms with Gasteiger partial charge in [0.15, 0.2) is 0 Å². The molecule has 0 radical (unpaired) electrons. The van der Waals surface area contributed by atoms with Gasteiger partial charge in [0, 0.05) is 31.4 Å². The number of benzene rings is 2. The van der Waals surface area contributed by atoms with Gasteiger partial charge in [-0.3, -0.25) is 14.4 Å². The zero-order valence-electron chi connectivity index (χ0n) is 26.6. The van der Waals surface area contributed by atoms with Crippen LogP contribution in [0.1, 0.15) is 49.8 Å². The van der Waals surface area contributed by atoms with Gasteiger partial charge in [0.1, 0.15) is 11.6 Å². The summed E-state index contributed by atoms with van der Waals surface area (Å²) in [5, 5.41) is 6.41. The van der Waals surface area contributed by atoms with E-state index in [9.17, 15) is 14.4 Å². The number of likely N-dealkylation sites (N-methyl/N-ethyl adjacent to an activating group) is 1. The summed E-state index contributed by atoms with van der Waals surface area (Å²) in [6.45, 7) is 10.1. The molecule has 6 unspecified atom stereocenters. The summed E-state index contributed by atoms with van der Waals surface area (Å²) in [5.41, 5.74) is 2.81. The van der Waals surface area contributed by atoms with Crippen LogP contribution in [0.5, 0.6) is 0 Å². The minimum absolute atomic E-state index is 0.0469. The lowest BCUT2D eigenvalue weighted by Gasteiger charge is -2.38. The van der Waals surface area contributed by atoms with Crippen molar-refractivity contribution in [3.63, 3.8) is 0 Å². The van der Waals surface area contributed by atoms with Gasteiger partial charge in [-0.2, -0.15) is 0 Å². The lowest BCUT2D eigenvalue weighted by atomic mass is 9.73. The normalized spacial score (nSPS) is 32.3. The summed E-state index contributed by atoms with van der Waals surface area (Å²) in [5.74, 6) is -1.23. The van der Waals surface area contributed by atoms with Gasteiger partial charge >= 0.3 is 0 Å². The Morgan fingerprint density at radius 1 is 1.05 bits per heavy atom. The van der Waals surface area contributed by atoms with Crippen LogP contribution in [0.3, 0.4) is 0 Å². The van der Waals surface area contributed by atoms with Crippen LogP contribution in [0.25, 0.3) is 0 Å². The fourth-order valence-corrected chi connectivity index (χ4v) is 8.08. The predicted molar refractivity (Wildman–Crippen MR) is 171 cm³/mol. The highest BCUT2D eigenvalue weighted by atomic mass is 16.5. The minimum atomic E-state index is -1.17. The van der Waals surface area contributed by atoms with Crippen molar-refractivity contribution in [3.05, 3.63) is 77.4 Å². The molecule has 0 aromatic heterocycles. The van der Waals surface area contributed by atoms with E-state index in [1.807, 2.05) is 63.4 Å². The van der Waals surface area contributed by atoms with Gasteiger partial charge in [-0.25, -0.2) is 0 Å². The monoisotopic (exact) mass is 598 g/mol. The van der Waals surface area contributed by atoms with E-state index >= 15 is 0 Å². The van der Waals surface area contributed by atoms with Crippen molar-refractivity contribution in [2.24, 2.45) is 23.7 Å². The number of nitrogens with zero attached hydrogens (tertiary/aromatic N) is 2. The van der Waals surface area contributed by atoms with E-state index in [-0.39, 0.29) is 23.8 Å². The molecule has 3 heterocycles. The number of aryl methyl sites for hydroxylation is 2. The van der Waals surface area contributed by atoms with Gasteiger partial charge in [0.25, 0.3) is 0 Å². The van der Waals surface area contributed by atoms with E-state index in [1.54, 1.807) is 4.90 Å². The molecule has 2 aromatic carbocycles. The number of fused-ring (bicyclic) bond motifs is 1. The number of hydrogen-bond acceptors (Lipinski definition) is 5. The highest BCUT2D eigenvalue weighted by Gasteiger charge is 2.72. The fourth-order valence-electron chi connectivity index (χ4n) is 8.08. The molecule has 8 nitrogen and oxygen atoms in total. The Kier molecular flexibility index (Phi) is 8.42. The van der Waals surface area contributed by atoms with Gasteiger partial charge in [-0.05, 0) is 68.0 Å². The molecule has 3 amide bonds. The molecule has 1 saturated carbocycles. The number of nitrogens with one attached hydrogen (secondary N) is 2. The maximum Gasteiger partial charge on any atom is 0.246 e. The van der Waals surface area contributed by atoms with Crippen LogP contribution in [-0.4, -0.2) is 71.4 Å². The molecule has 2 saturated heterocycles. The molecule has 4 aliphatic rings. The van der Waals surface area contributed by atoms with Crippen molar-refractivity contribution in [3.8, 4) is 0 Å². The van der Waals surface area contributed by atoms with Crippen LogP contribution in [0.2, 0.25) is 0 Å². The summed E-state index contributed by atoms with van der Waals surface area (Å²) >= 11 is 0. The molecule has 234 valence electrons. The van der Waals surface area contributed by atoms with Crippen LogP contribution in [0.15, 0.2) is 60.7 Å². The fraction of sp³-hybridized carbons (Fsp3) is 0.528. The molecule has 2 N–H and O–H groups in total. The number of anilines is 1. The van der Waals surface area contributed by atoms with Gasteiger partial charge < -0.3 is 25.2 Å². The lowest BCUT2D eigenvalue weighted by Crippen LogP contribution is -2.58. The van der Waals surface area contributed by atoms with Gasteiger partial charge in [0.05, 0.1) is 17.9 Å². The Hall–Kier alpha value is -3.49. The van der Waals surface area contributed by atoms with Gasteiger partial charge in [0.2, 0.25) is 17.7 Å². The van der Waals surface area contributed by atoms with Crippen LogP contribution >= 0.6 is 0 Å². The van der Waals surface area contributed by atoms with Gasteiger partial charge in [-0.15, -0.1) is 0 Å². The molecule has 6 rings (SSSR count). The average Bonchev–Trinajstić information content (AvgIpc) is 3.61. The second-order valence-electron chi connectivity index (χ2n) is 13.7. The second-order valence-corrected chi connectivity index (χ2v) is 13.7. The summed E-state index contributed by atoms with van der Waals surface area (Å²) in [6.07, 6.45) is 6.38. The first-order valence-electron chi connectivity index (χ1n) is 16.2. The smallest absolute Gasteiger partial charge is 0.246 e. The van der Waals surface area contributed by atoms with Crippen LogP contribution in [0, 0.1) is 37.5 Å². The van der Waals surface area contributed by atoms with E-state index in [1.165, 1.54) is 5.56 Å². The number of likely N-dealkylation sites (tertiary alicyclic amines) is 1. The summed E-state index contributed by atoms with van der Waals surface area (Å²) < 4.78 is 6.57. The van der Waals surface area contributed by atoms with Gasteiger partial charge in [-0.1, -0.05) is 75.2 Å². The number of rotatable bonds is 9. The first-order chi connectivity index (χ1) is 21.1. The Morgan fingerprint density at radius 3 is 2.50 bits per heavy atom. The molecule has 3 aliphatic heterocycles. The zero-order chi connectivity index (χ0) is 31.2. The molecule has 1 spiro atoms. The van der Waals surface area contributed by atoms with Crippen LogP contribution < -0.4 is 10.6 Å². The van der Waals surface area contributed by atoms with E-state index in [4.69, 9.17) is 4.74 Å². The number of carbonyl (C=O) groups is 3. The predicted octanol–water partition coefficient (Wildman–Crippen LogP) is 4.47. The number of amides is 3. The SMILES string of the molecule is Cc1cc(C)cc(NC(=O)C2[C@@H]3C=CC4(O3)C(C(=O)NC3CCCC(C)C3C)N(CCN(C)Cc3ccccc3)C(=O)[C@H]24)c1. The average molecular weight is 599 g/mol. The van der Waals surface area contributed by atoms with E-state index in [0.29, 0.717) is 30.6 Å². The largest absolute Gasteiger partial charge is 0.359 e. The topological polar surface area (TPSA) is 91.0 Å². The number of hydrogen-bond donors (Lipinski definition) is 2. The van der Waals surface area contributed by atoms with E-state index in [2.05, 4.69) is 47.6 Å². The standard InChI is InChI=1S/C36H46N4O4/c1-22-18-23(2)20-27(19-22)37-33(41)30-29-14-15-36(44-29)31(30)35(43)40(17-16-39(5)21-26-11-7-6-8-12-26)32(36)34(42)38-28-13-9-10-24(3)25(28)4/h6-8,11-12,14-15,18-20,24-25,28-32H,9-10,13,16-17,21H2,1-5H3,(H,37,41)(H,38,42)/t24?,25?,28?,29-,30?,31-,32?,36?/m0/s1. The maximum absolute atomic E-state index is 14.4. The quantitative estimate of drug-likeness (QED) is 0.416. The number of ether oxygens (including phenoxy) is 1. The van der Waals surface area contributed by atoms with Crippen LogP contribution in [0.4, 0.5) is 5.69 Å². The molecule has 8 atom stereocenters. The third-order valence-corrected chi connectivity index (χ3v) is 10.5. The van der Waals surface area contributed by atoms with Crippen molar-refractivity contribution >= 4 is 23.4 Å². The lowest BCUT2D eigenvalue weighted by molar-refractivity contribution is -0.141. The highest BCUT2D eigenvalue weighted by Crippen LogP contribution is 2.55. The number of carbonyl (C=O) groups excluding carboxylic acids is 3. The van der Waals surface area contributed by atoms with E-state index in [0.717, 1.165) is 36.9 Å².